The predicted molar refractivity (Wildman–Crippen MR) is 99.6 cm³/mol. The number of hydrogen-bond acceptors (Lipinski definition) is 5. The van der Waals surface area contributed by atoms with Crippen LogP contribution < -0.4 is 5.32 Å². The van der Waals surface area contributed by atoms with Crippen molar-refractivity contribution in [3.05, 3.63) is 18.1 Å². The molecule has 6 heteroatoms. The Morgan fingerprint density at radius 3 is 2.52 bits per heavy atom. The fourth-order valence-electron chi connectivity index (χ4n) is 3.58. The molecule has 2 fully saturated rings. The van der Waals surface area contributed by atoms with Crippen LogP contribution in [0.25, 0.3) is 0 Å². The molecule has 1 aromatic rings. The average Bonchev–Trinajstić information content (AvgIpc) is 2.62. The Morgan fingerprint density at radius 1 is 1.20 bits per heavy atom. The number of rotatable bonds is 3. The van der Waals surface area contributed by atoms with E-state index in [0.29, 0.717) is 25.2 Å². The van der Waals surface area contributed by atoms with Crippen LogP contribution in [-0.2, 0) is 14.9 Å². The lowest BCUT2D eigenvalue weighted by Gasteiger charge is -2.34. The summed E-state index contributed by atoms with van der Waals surface area (Å²) in [5.74, 6) is 1.38. The van der Waals surface area contributed by atoms with Gasteiger partial charge in [0, 0.05) is 38.0 Å². The van der Waals surface area contributed by atoms with E-state index in [1.807, 2.05) is 11.0 Å². The van der Waals surface area contributed by atoms with Crippen LogP contribution in [0.2, 0.25) is 0 Å². The Morgan fingerprint density at radius 2 is 1.88 bits per heavy atom. The number of aromatic nitrogens is 2. The standard InChI is InChI=1S/C19H30N4O2.H2/c1-19(2,3)16-12-17(21-13-20-16)22-15-6-4-14(5-7-15)18(24)23-8-10-25-11-9-23;/h12-15H,4-11H2,1-3H3,(H,20,21,22);1H. The van der Waals surface area contributed by atoms with Crippen LogP contribution in [0.15, 0.2) is 12.4 Å². The van der Waals surface area contributed by atoms with E-state index in [2.05, 4.69) is 36.1 Å². The number of amides is 1. The molecular weight excluding hydrogens is 316 g/mol. The number of ether oxygens (including phenoxy) is 1. The molecule has 0 radical (unpaired) electrons. The van der Waals surface area contributed by atoms with Gasteiger partial charge in [-0.15, -0.1) is 0 Å². The molecule has 1 aliphatic heterocycles. The van der Waals surface area contributed by atoms with Crippen molar-refractivity contribution in [1.29, 1.82) is 0 Å². The summed E-state index contributed by atoms with van der Waals surface area (Å²) in [5.41, 5.74) is 1.06. The molecule has 1 N–H and O–H groups in total. The Labute approximate surface area is 151 Å². The van der Waals surface area contributed by atoms with Crippen molar-refractivity contribution in [3.63, 3.8) is 0 Å². The molecule has 6 nitrogen and oxygen atoms in total. The van der Waals surface area contributed by atoms with E-state index in [9.17, 15) is 4.79 Å². The third-order valence-electron chi connectivity index (χ3n) is 5.19. The highest BCUT2D eigenvalue weighted by Crippen LogP contribution is 2.29. The average molecular weight is 348 g/mol. The summed E-state index contributed by atoms with van der Waals surface area (Å²) < 4.78 is 5.34. The molecule has 0 atom stereocenters. The van der Waals surface area contributed by atoms with Gasteiger partial charge in [0.1, 0.15) is 12.1 Å². The molecule has 3 rings (SSSR count). The van der Waals surface area contributed by atoms with Gasteiger partial charge in [-0.25, -0.2) is 9.97 Å². The summed E-state index contributed by atoms with van der Waals surface area (Å²) in [4.78, 5) is 23.3. The Balaban J connectivity index is 0.00000243. The molecule has 0 spiro atoms. The van der Waals surface area contributed by atoms with Crippen LogP contribution in [-0.4, -0.2) is 53.1 Å². The smallest absolute Gasteiger partial charge is 0.225 e. The number of carbonyl (C=O) groups is 1. The molecule has 0 bridgehead atoms. The fourth-order valence-corrected chi connectivity index (χ4v) is 3.58. The first kappa shape index (κ1) is 18.1. The zero-order valence-electron chi connectivity index (χ0n) is 15.6. The van der Waals surface area contributed by atoms with Crippen LogP contribution in [0.1, 0.15) is 53.6 Å². The summed E-state index contributed by atoms with van der Waals surface area (Å²) in [6, 6.07) is 2.43. The molecule has 140 valence electrons. The molecule has 1 saturated heterocycles. The van der Waals surface area contributed by atoms with E-state index in [-0.39, 0.29) is 12.8 Å². The number of nitrogens with zero attached hydrogens (tertiary/aromatic N) is 3. The third-order valence-corrected chi connectivity index (χ3v) is 5.19. The SMILES string of the molecule is CC(C)(C)c1cc(NC2CCC(C(=O)N3CCOCC3)CC2)ncn1.[HH]. The van der Waals surface area contributed by atoms with Crippen LogP contribution in [0.3, 0.4) is 0 Å². The summed E-state index contributed by atoms with van der Waals surface area (Å²) in [7, 11) is 0. The molecule has 25 heavy (non-hydrogen) atoms. The van der Waals surface area contributed by atoms with E-state index in [4.69, 9.17) is 4.74 Å². The second-order valence-corrected chi connectivity index (χ2v) is 8.17. The minimum Gasteiger partial charge on any atom is -0.378 e. The van der Waals surface area contributed by atoms with Crippen molar-refractivity contribution in [2.45, 2.75) is 57.9 Å². The summed E-state index contributed by atoms with van der Waals surface area (Å²) in [6.07, 6.45) is 5.55. The van der Waals surface area contributed by atoms with E-state index in [0.717, 1.165) is 50.3 Å². The van der Waals surface area contributed by atoms with Gasteiger partial charge in [0.25, 0.3) is 0 Å². The largest absolute Gasteiger partial charge is 0.378 e. The van der Waals surface area contributed by atoms with Crippen molar-refractivity contribution in [2.24, 2.45) is 5.92 Å². The van der Waals surface area contributed by atoms with Gasteiger partial charge >= 0.3 is 0 Å². The Hall–Kier alpha value is -1.69. The lowest BCUT2D eigenvalue weighted by atomic mass is 9.85. The maximum atomic E-state index is 12.6. The minimum absolute atomic E-state index is 0. The van der Waals surface area contributed by atoms with Crippen LogP contribution >= 0.6 is 0 Å². The minimum atomic E-state index is 0. The highest BCUT2D eigenvalue weighted by Gasteiger charge is 2.30. The molecule has 0 unspecified atom stereocenters. The summed E-state index contributed by atoms with van der Waals surface area (Å²) >= 11 is 0. The van der Waals surface area contributed by atoms with Crippen LogP contribution in [0.4, 0.5) is 5.82 Å². The molecular formula is C19H32N4O2. The first-order valence-corrected chi connectivity index (χ1v) is 9.39. The monoisotopic (exact) mass is 348 g/mol. The lowest BCUT2D eigenvalue weighted by molar-refractivity contribution is -0.140. The molecule has 1 amide bonds. The van der Waals surface area contributed by atoms with E-state index >= 15 is 0 Å². The van der Waals surface area contributed by atoms with Crippen molar-refractivity contribution in [2.75, 3.05) is 31.6 Å². The summed E-state index contributed by atoms with van der Waals surface area (Å²) in [5, 5.41) is 3.54. The molecule has 1 saturated carbocycles. The molecule has 2 heterocycles. The quantitative estimate of drug-likeness (QED) is 0.910. The van der Waals surface area contributed by atoms with E-state index < -0.39 is 0 Å². The van der Waals surface area contributed by atoms with Crippen molar-refractivity contribution < 1.29 is 11.0 Å². The number of carbonyl (C=O) groups excluding carboxylic acids is 1. The normalized spacial score (nSPS) is 24.8. The molecule has 0 aromatic carbocycles. The Bertz CT molecular complexity index is 591. The highest BCUT2D eigenvalue weighted by molar-refractivity contribution is 5.79. The van der Waals surface area contributed by atoms with Crippen molar-refractivity contribution in [1.82, 2.24) is 14.9 Å². The topological polar surface area (TPSA) is 67.4 Å². The van der Waals surface area contributed by atoms with Gasteiger partial charge in [0.2, 0.25) is 5.91 Å². The van der Waals surface area contributed by atoms with E-state index in [1.54, 1.807) is 6.33 Å². The van der Waals surface area contributed by atoms with Gasteiger partial charge in [-0.2, -0.15) is 0 Å². The first-order chi connectivity index (χ1) is 11.9. The van der Waals surface area contributed by atoms with Gasteiger partial charge in [-0.05, 0) is 25.7 Å². The van der Waals surface area contributed by atoms with Crippen LogP contribution in [0.5, 0.6) is 0 Å². The number of hydrogen-bond donors (Lipinski definition) is 1. The fraction of sp³-hybridized carbons (Fsp3) is 0.737. The maximum absolute atomic E-state index is 12.6. The first-order valence-electron chi connectivity index (χ1n) is 9.39. The molecule has 1 aliphatic carbocycles. The lowest BCUT2D eigenvalue weighted by Crippen LogP contribution is -2.45. The maximum Gasteiger partial charge on any atom is 0.225 e. The predicted octanol–water partition coefficient (Wildman–Crippen LogP) is 2.85. The number of anilines is 1. The van der Waals surface area contributed by atoms with Crippen molar-refractivity contribution >= 4 is 11.7 Å². The van der Waals surface area contributed by atoms with Gasteiger partial charge in [0.05, 0.1) is 18.9 Å². The number of nitrogens with one attached hydrogen (secondary N) is 1. The molecule has 1 aromatic heterocycles. The van der Waals surface area contributed by atoms with E-state index in [1.165, 1.54) is 0 Å². The second kappa shape index (κ2) is 7.68. The Kier molecular flexibility index (Phi) is 5.57. The summed E-state index contributed by atoms with van der Waals surface area (Å²) in [6.45, 7) is 9.30. The van der Waals surface area contributed by atoms with Gasteiger partial charge < -0.3 is 15.0 Å². The second-order valence-electron chi connectivity index (χ2n) is 8.17. The zero-order valence-corrected chi connectivity index (χ0v) is 15.6. The highest BCUT2D eigenvalue weighted by atomic mass is 16.5. The van der Waals surface area contributed by atoms with Gasteiger partial charge in [-0.1, -0.05) is 20.8 Å². The molecule has 2 aliphatic rings. The third kappa shape index (κ3) is 4.69. The van der Waals surface area contributed by atoms with Gasteiger partial charge in [-0.3, -0.25) is 4.79 Å². The number of morpholine rings is 1. The zero-order chi connectivity index (χ0) is 17.9. The van der Waals surface area contributed by atoms with Crippen molar-refractivity contribution in [3.8, 4) is 0 Å². The van der Waals surface area contributed by atoms with Gasteiger partial charge in [0.15, 0.2) is 0 Å². The van der Waals surface area contributed by atoms with Crippen LogP contribution in [0, 0.1) is 5.92 Å².